The molecule has 2 saturated heterocycles. The molecular formula is C18H26N2O4S. The second-order valence-electron chi connectivity index (χ2n) is 7.99. The number of carboxylic acids is 1. The van der Waals surface area contributed by atoms with Gasteiger partial charge in [0.05, 0.1) is 17.0 Å². The van der Waals surface area contributed by atoms with Crippen molar-refractivity contribution >= 4 is 23.2 Å². The lowest BCUT2D eigenvalue weighted by atomic mass is 9.84. The molecule has 2 aliphatic rings. The zero-order chi connectivity index (χ0) is 18.2. The van der Waals surface area contributed by atoms with Crippen molar-refractivity contribution < 1.29 is 19.4 Å². The minimum Gasteiger partial charge on any atom is -0.481 e. The number of hydrogen-bond donors (Lipinski definition) is 1. The van der Waals surface area contributed by atoms with E-state index in [0.717, 1.165) is 17.8 Å². The largest absolute Gasteiger partial charge is 0.481 e. The van der Waals surface area contributed by atoms with Crippen molar-refractivity contribution in [1.29, 1.82) is 0 Å². The second kappa shape index (κ2) is 7.03. The lowest BCUT2D eigenvalue weighted by molar-refractivity contribution is -0.145. The molecule has 1 N–H and O–H groups in total. The Bertz CT molecular complexity index is 644. The normalized spacial score (nSPS) is 25.3. The molecule has 3 rings (SSSR count). The second-order valence-corrected chi connectivity index (χ2v) is 8.84. The highest BCUT2D eigenvalue weighted by Gasteiger charge is 2.41. The highest BCUT2D eigenvalue weighted by Crippen LogP contribution is 2.34. The summed E-state index contributed by atoms with van der Waals surface area (Å²) in [5.74, 6) is -0.973. The first-order valence-corrected chi connectivity index (χ1v) is 9.75. The Hall–Kier alpha value is -1.47. The topological polar surface area (TPSA) is 79.7 Å². The van der Waals surface area contributed by atoms with Crippen molar-refractivity contribution in [3.05, 3.63) is 16.1 Å². The van der Waals surface area contributed by atoms with Crippen molar-refractivity contribution in [3.63, 3.8) is 0 Å². The number of thiazole rings is 1. The van der Waals surface area contributed by atoms with E-state index >= 15 is 0 Å². The number of aliphatic carboxylic acids is 1. The van der Waals surface area contributed by atoms with E-state index in [2.05, 4.69) is 25.8 Å². The molecule has 0 radical (unpaired) electrons. The summed E-state index contributed by atoms with van der Waals surface area (Å²) in [7, 11) is 0. The van der Waals surface area contributed by atoms with Gasteiger partial charge in [0.1, 0.15) is 5.69 Å². The molecule has 1 amide bonds. The summed E-state index contributed by atoms with van der Waals surface area (Å²) in [5.41, 5.74) is 0.468. The summed E-state index contributed by atoms with van der Waals surface area (Å²) in [5, 5.41) is 12.1. The van der Waals surface area contributed by atoms with Crippen LogP contribution in [0.4, 0.5) is 0 Å². The smallest absolute Gasteiger partial charge is 0.309 e. The van der Waals surface area contributed by atoms with Crippen LogP contribution >= 0.6 is 11.3 Å². The van der Waals surface area contributed by atoms with Gasteiger partial charge < -0.3 is 14.7 Å². The van der Waals surface area contributed by atoms with E-state index in [9.17, 15) is 14.7 Å². The van der Waals surface area contributed by atoms with Crippen LogP contribution in [0.3, 0.4) is 0 Å². The lowest BCUT2D eigenvalue weighted by Gasteiger charge is -2.35. The van der Waals surface area contributed by atoms with Gasteiger partial charge in [0.25, 0.3) is 5.91 Å². The van der Waals surface area contributed by atoms with Crippen molar-refractivity contribution in [3.8, 4) is 0 Å². The zero-order valence-electron chi connectivity index (χ0n) is 15.0. The van der Waals surface area contributed by atoms with Gasteiger partial charge in [-0.2, -0.15) is 0 Å². The molecule has 2 fully saturated rings. The Kier molecular flexibility index (Phi) is 5.16. The van der Waals surface area contributed by atoms with Gasteiger partial charge in [0, 0.05) is 30.5 Å². The Labute approximate surface area is 152 Å². The van der Waals surface area contributed by atoms with Crippen LogP contribution in [0.2, 0.25) is 0 Å². The zero-order valence-corrected chi connectivity index (χ0v) is 15.8. The first kappa shape index (κ1) is 18.3. The number of carbonyl (C=O) groups is 2. The fraction of sp³-hybridized carbons (Fsp3) is 0.722. The maximum absolute atomic E-state index is 12.7. The van der Waals surface area contributed by atoms with E-state index in [1.165, 1.54) is 11.3 Å². The molecule has 1 aromatic rings. The van der Waals surface area contributed by atoms with Crippen LogP contribution in [0.1, 0.15) is 55.5 Å². The van der Waals surface area contributed by atoms with Crippen LogP contribution in [0.25, 0.3) is 0 Å². The van der Waals surface area contributed by atoms with Crippen LogP contribution in [0.15, 0.2) is 5.38 Å². The van der Waals surface area contributed by atoms with Gasteiger partial charge >= 0.3 is 5.97 Å². The predicted octanol–water partition coefficient (Wildman–Crippen LogP) is 2.78. The third-order valence-electron chi connectivity index (χ3n) is 5.11. The molecule has 7 heteroatoms. The standard InChI is InChI=1S/C18H26N2O4S/c1-18(2,3)17-19-13(10-25-17)15(21)20-7-4-11(5-8-20)14-12(16(22)23)6-9-24-14/h10-12,14H,4-9H2,1-3H3,(H,22,23)/t12?,14-/m0/s1. The number of amides is 1. The highest BCUT2D eigenvalue weighted by atomic mass is 32.1. The van der Waals surface area contributed by atoms with Crippen LogP contribution in [-0.2, 0) is 14.9 Å². The molecule has 25 heavy (non-hydrogen) atoms. The minimum absolute atomic E-state index is 0.0210. The van der Waals surface area contributed by atoms with Crippen molar-refractivity contribution in [2.75, 3.05) is 19.7 Å². The molecular weight excluding hydrogens is 340 g/mol. The van der Waals surface area contributed by atoms with Gasteiger partial charge in [0.2, 0.25) is 0 Å². The van der Waals surface area contributed by atoms with Gasteiger partial charge in [-0.05, 0) is 25.2 Å². The molecule has 138 valence electrons. The first-order chi connectivity index (χ1) is 11.8. The van der Waals surface area contributed by atoms with Gasteiger partial charge in [-0.3, -0.25) is 9.59 Å². The van der Waals surface area contributed by atoms with Crippen LogP contribution < -0.4 is 0 Å². The van der Waals surface area contributed by atoms with Crippen LogP contribution in [0.5, 0.6) is 0 Å². The highest BCUT2D eigenvalue weighted by molar-refractivity contribution is 7.10. The van der Waals surface area contributed by atoms with E-state index in [1.807, 2.05) is 10.3 Å². The van der Waals surface area contributed by atoms with Crippen molar-refractivity contribution in [1.82, 2.24) is 9.88 Å². The Morgan fingerprint density at radius 2 is 1.96 bits per heavy atom. The third-order valence-corrected chi connectivity index (χ3v) is 6.38. The molecule has 2 atom stereocenters. The molecule has 0 spiro atoms. The van der Waals surface area contributed by atoms with E-state index in [1.54, 1.807) is 0 Å². The summed E-state index contributed by atoms with van der Waals surface area (Å²) in [6.45, 7) is 8.06. The van der Waals surface area contributed by atoms with Crippen LogP contribution in [-0.4, -0.2) is 52.7 Å². The van der Waals surface area contributed by atoms with E-state index in [0.29, 0.717) is 31.8 Å². The number of carbonyl (C=O) groups excluding carboxylic acids is 1. The number of rotatable bonds is 3. The summed E-state index contributed by atoms with van der Waals surface area (Å²) in [6, 6.07) is 0. The number of hydrogen-bond acceptors (Lipinski definition) is 5. The van der Waals surface area contributed by atoms with E-state index in [-0.39, 0.29) is 23.3 Å². The Morgan fingerprint density at radius 3 is 2.52 bits per heavy atom. The summed E-state index contributed by atoms with van der Waals surface area (Å²) in [6.07, 6.45) is 1.96. The number of nitrogens with zero attached hydrogens (tertiary/aromatic N) is 2. The fourth-order valence-electron chi connectivity index (χ4n) is 3.65. The molecule has 0 aromatic carbocycles. The average molecular weight is 366 g/mol. The first-order valence-electron chi connectivity index (χ1n) is 8.87. The Morgan fingerprint density at radius 1 is 1.28 bits per heavy atom. The van der Waals surface area contributed by atoms with Gasteiger partial charge in [-0.15, -0.1) is 11.3 Å². The number of piperidine rings is 1. The molecule has 2 aliphatic heterocycles. The van der Waals surface area contributed by atoms with Gasteiger partial charge in [-0.1, -0.05) is 20.8 Å². The number of aromatic nitrogens is 1. The van der Waals surface area contributed by atoms with Crippen molar-refractivity contribution in [2.24, 2.45) is 11.8 Å². The molecule has 0 aliphatic carbocycles. The monoisotopic (exact) mass is 366 g/mol. The lowest BCUT2D eigenvalue weighted by Crippen LogP contribution is -2.43. The minimum atomic E-state index is -0.766. The maximum Gasteiger partial charge on any atom is 0.309 e. The van der Waals surface area contributed by atoms with Gasteiger partial charge in [-0.25, -0.2) is 4.98 Å². The molecule has 0 saturated carbocycles. The number of likely N-dealkylation sites (tertiary alicyclic amines) is 1. The van der Waals surface area contributed by atoms with Crippen molar-refractivity contribution in [2.45, 2.75) is 51.6 Å². The molecule has 3 heterocycles. The predicted molar refractivity (Wildman–Crippen MR) is 94.9 cm³/mol. The summed E-state index contributed by atoms with van der Waals surface area (Å²) < 4.78 is 5.69. The Balaban J connectivity index is 1.59. The number of ether oxygens (including phenoxy) is 1. The van der Waals surface area contributed by atoms with E-state index in [4.69, 9.17) is 4.74 Å². The van der Waals surface area contributed by atoms with E-state index < -0.39 is 11.9 Å². The molecule has 1 aromatic heterocycles. The fourth-order valence-corrected chi connectivity index (χ4v) is 4.53. The molecule has 1 unspecified atom stereocenters. The third kappa shape index (κ3) is 3.87. The summed E-state index contributed by atoms with van der Waals surface area (Å²) in [4.78, 5) is 30.4. The maximum atomic E-state index is 12.7. The SMILES string of the molecule is CC(C)(C)c1nc(C(=O)N2CCC([C@@H]3OCCC3C(=O)O)CC2)cs1. The molecule has 6 nitrogen and oxygen atoms in total. The quantitative estimate of drug-likeness (QED) is 0.890. The van der Waals surface area contributed by atoms with Gasteiger partial charge in [0.15, 0.2) is 0 Å². The molecule has 0 bridgehead atoms. The summed E-state index contributed by atoms with van der Waals surface area (Å²) >= 11 is 1.53. The number of carboxylic acid groups (broad SMARTS) is 1. The van der Waals surface area contributed by atoms with Crippen LogP contribution in [0, 0.1) is 11.8 Å². The average Bonchev–Trinajstić information content (AvgIpc) is 3.23.